The second kappa shape index (κ2) is 5.12. The van der Waals surface area contributed by atoms with Gasteiger partial charge in [0.25, 0.3) is 0 Å². The van der Waals surface area contributed by atoms with Gasteiger partial charge in [-0.05, 0) is 19.3 Å². The quantitative estimate of drug-likeness (QED) is 0.808. The smallest absolute Gasteiger partial charge is 0.303 e. The highest BCUT2D eigenvalue weighted by atomic mass is 16.5. The van der Waals surface area contributed by atoms with E-state index in [9.17, 15) is 4.79 Å². The van der Waals surface area contributed by atoms with Crippen LogP contribution >= 0.6 is 0 Å². The molecule has 2 rings (SSSR count). The molecule has 1 aliphatic rings. The van der Waals surface area contributed by atoms with E-state index in [0.29, 0.717) is 12.3 Å². The van der Waals surface area contributed by atoms with Crippen molar-refractivity contribution in [1.82, 2.24) is 9.97 Å². The van der Waals surface area contributed by atoms with Crippen molar-refractivity contribution < 1.29 is 14.6 Å². The summed E-state index contributed by atoms with van der Waals surface area (Å²) in [5.74, 6) is 0.637. The minimum atomic E-state index is -0.776. The molecule has 1 aromatic rings. The van der Waals surface area contributed by atoms with Gasteiger partial charge in [-0.15, -0.1) is 0 Å². The minimum Gasteiger partial charge on any atom is -0.481 e. The zero-order valence-electron chi connectivity index (χ0n) is 9.11. The summed E-state index contributed by atoms with van der Waals surface area (Å²) in [5, 5.41) is 8.58. The fraction of sp³-hybridized carbons (Fsp3) is 0.636. The second-order valence-corrected chi connectivity index (χ2v) is 4.07. The van der Waals surface area contributed by atoms with E-state index in [-0.39, 0.29) is 6.42 Å². The van der Waals surface area contributed by atoms with Gasteiger partial charge in [0.15, 0.2) is 0 Å². The molecular weight excluding hydrogens is 208 g/mol. The number of aromatic nitrogens is 2. The zero-order chi connectivity index (χ0) is 11.4. The van der Waals surface area contributed by atoms with E-state index in [4.69, 9.17) is 9.84 Å². The van der Waals surface area contributed by atoms with Crippen LogP contribution in [-0.2, 0) is 16.0 Å². The Morgan fingerprint density at radius 3 is 3.00 bits per heavy atom. The highest BCUT2D eigenvalue weighted by Gasteiger charge is 2.18. The van der Waals surface area contributed by atoms with Gasteiger partial charge in [0, 0.05) is 31.0 Å². The predicted molar refractivity (Wildman–Crippen MR) is 57.3 cm³/mol. The molecule has 0 aliphatic carbocycles. The van der Waals surface area contributed by atoms with Crippen LogP contribution in [-0.4, -0.2) is 34.3 Å². The number of H-pyrrole nitrogens is 1. The van der Waals surface area contributed by atoms with Crippen LogP contribution in [0.25, 0.3) is 0 Å². The predicted octanol–water partition coefficient (Wildman–Crippen LogP) is 1.32. The number of hydrogen-bond acceptors (Lipinski definition) is 3. The average Bonchev–Trinajstić information content (AvgIpc) is 2.76. The van der Waals surface area contributed by atoms with Crippen LogP contribution in [0, 0.1) is 0 Å². The number of nitrogens with zero attached hydrogens (tertiary/aromatic N) is 1. The standard InChI is InChI=1S/C11H16N2O3/c14-10(15)2-1-9-7-12-11(13-9)8-3-5-16-6-4-8/h7-8H,1-6H2,(H,12,13)(H,14,15). The molecule has 0 radical (unpaired) electrons. The summed E-state index contributed by atoms with van der Waals surface area (Å²) in [6.07, 6.45) is 4.40. The maximum Gasteiger partial charge on any atom is 0.303 e. The highest BCUT2D eigenvalue weighted by molar-refractivity contribution is 5.66. The molecule has 2 N–H and O–H groups in total. The number of aryl methyl sites for hydroxylation is 1. The van der Waals surface area contributed by atoms with Crippen LogP contribution in [0.2, 0.25) is 0 Å². The van der Waals surface area contributed by atoms with E-state index < -0.39 is 5.97 Å². The average molecular weight is 224 g/mol. The van der Waals surface area contributed by atoms with Gasteiger partial charge in [-0.25, -0.2) is 4.98 Å². The third-order valence-electron chi connectivity index (χ3n) is 2.86. The Kier molecular flexibility index (Phi) is 3.56. The lowest BCUT2D eigenvalue weighted by Crippen LogP contribution is -2.15. The third kappa shape index (κ3) is 2.82. The first-order valence-electron chi connectivity index (χ1n) is 5.59. The normalized spacial score (nSPS) is 17.5. The first kappa shape index (κ1) is 11.1. The van der Waals surface area contributed by atoms with Gasteiger partial charge in [-0.2, -0.15) is 0 Å². The number of rotatable bonds is 4. The fourth-order valence-corrected chi connectivity index (χ4v) is 1.92. The molecule has 1 saturated heterocycles. The van der Waals surface area contributed by atoms with Crippen LogP contribution in [0.5, 0.6) is 0 Å². The summed E-state index contributed by atoms with van der Waals surface area (Å²) in [6.45, 7) is 1.58. The molecule has 0 saturated carbocycles. The molecule has 5 heteroatoms. The largest absolute Gasteiger partial charge is 0.481 e. The van der Waals surface area contributed by atoms with Crippen molar-refractivity contribution in [3.63, 3.8) is 0 Å². The highest BCUT2D eigenvalue weighted by Crippen LogP contribution is 2.24. The number of imidazole rings is 1. The van der Waals surface area contributed by atoms with Crippen molar-refractivity contribution in [2.45, 2.75) is 31.6 Å². The summed E-state index contributed by atoms with van der Waals surface area (Å²) in [7, 11) is 0. The molecule has 0 unspecified atom stereocenters. The molecule has 2 heterocycles. The van der Waals surface area contributed by atoms with Crippen molar-refractivity contribution >= 4 is 5.97 Å². The number of hydrogen-bond donors (Lipinski definition) is 2. The van der Waals surface area contributed by atoms with Gasteiger partial charge in [-0.3, -0.25) is 4.79 Å². The molecule has 0 bridgehead atoms. The third-order valence-corrected chi connectivity index (χ3v) is 2.86. The van der Waals surface area contributed by atoms with E-state index in [2.05, 4.69) is 9.97 Å². The van der Waals surface area contributed by atoms with E-state index in [1.165, 1.54) is 0 Å². The fourth-order valence-electron chi connectivity index (χ4n) is 1.92. The molecule has 16 heavy (non-hydrogen) atoms. The molecule has 0 aromatic carbocycles. The van der Waals surface area contributed by atoms with Crippen LogP contribution in [0.4, 0.5) is 0 Å². The van der Waals surface area contributed by atoms with Crippen LogP contribution < -0.4 is 0 Å². The second-order valence-electron chi connectivity index (χ2n) is 4.07. The maximum absolute atomic E-state index is 10.4. The minimum absolute atomic E-state index is 0.148. The molecule has 1 aromatic heterocycles. The Labute approximate surface area is 93.8 Å². The van der Waals surface area contributed by atoms with Crippen molar-refractivity contribution in [2.24, 2.45) is 0 Å². The topological polar surface area (TPSA) is 75.2 Å². The Bertz CT molecular complexity index is 356. The van der Waals surface area contributed by atoms with Crippen LogP contribution in [0.3, 0.4) is 0 Å². The monoisotopic (exact) mass is 224 g/mol. The van der Waals surface area contributed by atoms with Crippen LogP contribution in [0.15, 0.2) is 6.20 Å². The number of aromatic amines is 1. The lowest BCUT2D eigenvalue weighted by molar-refractivity contribution is -0.136. The Balaban J connectivity index is 1.93. The van der Waals surface area contributed by atoms with E-state index >= 15 is 0 Å². The lowest BCUT2D eigenvalue weighted by Gasteiger charge is -2.19. The first-order valence-corrected chi connectivity index (χ1v) is 5.59. The number of aliphatic carboxylic acids is 1. The summed E-state index contributed by atoms with van der Waals surface area (Å²) in [4.78, 5) is 18.0. The molecule has 1 fully saturated rings. The summed E-state index contributed by atoms with van der Waals surface area (Å²) >= 11 is 0. The number of carboxylic acids is 1. The first-order chi connectivity index (χ1) is 7.75. The van der Waals surface area contributed by atoms with Gasteiger partial charge in [-0.1, -0.05) is 0 Å². The lowest BCUT2D eigenvalue weighted by atomic mass is 10.00. The zero-order valence-corrected chi connectivity index (χ0v) is 9.11. The van der Waals surface area contributed by atoms with Crippen molar-refractivity contribution in [3.8, 4) is 0 Å². The van der Waals surface area contributed by atoms with E-state index in [0.717, 1.165) is 37.6 Å². The van der Waals surface area contributed by atoms with Crippen molar-refractivity contribution in [2.75, 3.05) is 13.2 Å². The van der Waals surface area contributed by atoms with Gasteiger partial charge in [0.2, 0.25) is 0 Å². The molecule has 0 spiro atoms. The SMILES string of the molecule is O=C(O)CCc1cnc(C2CCOCC2)[nH]1. The molecule has 88 valence electrons. The number of carboxylic acid groups (broad SMARTS) is 1. The molecule has 0 atom stereocenters. The molecule has 5 nitrogen and oxygen atoms in total. The summed E-state index contributed by atoms with van der Waals surface area (Å²) in [6, 6.07) is 0. The number of ether oxygens (including phenoxy) is 1. The van der Waals surface area contributed by atoms with Crippen molar-refractivity contribution in [1.29, 1.82) is 0 Å². The number of nitrogens with one attached hydrogen (secondary N) is 1. The summed E-state index contributed by atoms with van der Waals surface area (Å²) in [5.41, 5.74) is 0.906. The maximum atomic E-state index is 10.4. The van der Waals surface area contributed by atoms with Crippen molar-refractivity contribution in [3.05, 3.63) is 17.7 Å². The summed E-state index contributed by atoms with van der Waals surface area (Å²) < 4.78 is 5.29. The Hall–Kier alpha value is -1.36. The van der Waals surface area contributed by atoms with E-state index in [1.807, 2.05) is 0 Å². The van der Waals surface area contributed by atoms with Gasteiger partial charge >= 0.3 is 5.97 Å². The van der Waals surface area contributed by atoms with Gasteiger partial charge in [0.05, 0.1) is 6.42 Å². The van der Waals surface area contributed by atoms with Gasteiger partial charge < -0.3 is 14.8 Å². The number of carbonyl (C=O) groups is 1. The molecule has 0 amide bonds. The van der Waals surface area contributed by atoms with Crippen LogP contribution in [0.1, 0.15) is 36.7 Å². The Morgan fingerprint density at radius 2 is 2.31 bits per heavy atom. The van der Waals surface area contributed by atoms with Gasteiger partial charge in [0.1, 0.15) is 5.82 Å². The molecule has 1 aliphatic heterocycles. The Morgan fingerprint density at radius 1 is 1.56 bits per heavy atom. The van der Waals surface area contributed by atoms with E-state index in [1.54, 1.807) is 6.20 Å². The molecular formula is C11H16N2O3.